The van der Waals surface area contributed by atoms with Gasteiger partial charge < -0.3 is 19.8 Å². The molecule has 2 aromatic heterocycles. The maximum atomic E-state index is 13.4. The predicted molar refractivity (Wildman–Crippen MR) is 113 cm³/mol. The van der Waals surface area contributed by atoms with Gasteiger partial charge in [0, 0.05) is 30.9 Å². The summed E-state index contributed by atoms with van der Waals surface area (Å²) in [5.41, 5.74) is 0.684. The first kappa shape index (κ1) is 20.9. The van der Waals surface area contributed by atoms with Crippen molar-refractivity contribution in [1.82, 2.24) is 20.5 Å². The van der Waals surface area contributed by atoms with Crippen LogP contribution in [0.5, 0.6) is 11.6 Å². The van der Waals surface area contributed by atoms with E-state index in [1.54, 1.807) is 36.7 Å². The van der Waals surface area contributed by atoms with E-state index in [4.69, 9.17) is 9.15 Å². The minimum atomic E-state index is -0.392. The van der Waals surface area contributed by atoms with Crippen LogP contribution in [0.15, 0.2) is 65.4 Å². The zero-order valence-corrected chi connectivity index (χ0v) is 17.1. The summed E-state index contributed by atoms with van der Waals surface area (Å²) in [5.74, 6) is 1.12. The number of furan rings is 1. The number of urea groups is 1. The van der Waals surface area contributed by atoms with Crippen molar-refractivity contribution in [1.29, 1.82) is 0 Å². The molecule has 1 unspecified atom stereocenters. The molecule has 0 bridgehead atoms. The van der Waals surface area contributed by atoms with Crippen LogP contribution in [-0.4, -0.2) is 35.5 Å². The topological polar surface area (TPSA) is 79.6 Å². The Bertz CT molecular complexity index is 990. The molecular formula is C23H25FN4O3. The van der Waals surface area contributed by atoms with Crippen LogP contribution < -0.4 is 15.4 Å². The molecule has 2 amide bonds. The number of carbonyl (C=O) groups is 1. The average Bonchev–Trinajstić information content (AvgIpc) is 3.48. The van der Waals surface area contributed by atoms with Crippen molar-refractivity contribution in [3.8, 4) is 11.6 Å². The monoisotopic (exact) mass is 424 g/mol. The Morgan fingerprint density at radius 3 is 2.81 bits per heavy atom. The summed E-state index contributed by atoms with van der Waals surface area (Å²) in [7, 11) is 0. The van der Waals surface area contributed by atoms with E-state index in [0.29, 0.717) is 23.7 Å². The number of carbonyl (C=O) groups excluding carboxylic acids is 1. The van der Waals surface area contributed by atoms with Crippen molar-refractivity contribution in [3.05, 3.63) is 78.1 Å². The van der Waals surface area contributed by atoms with E-state index in [-0.39, 0.29) is 18.6 Å². The van der Waals surface area contributed by atoms with Gasteiger partial charge in [-0.15, -0.1) is 0 Å². The van der Waals surface area contributed by atoms with Gasteiger partial charge in [0.15, 0.2) is 0 Å². The summed E-state index contributed by atoms with van der Waals surface area (Å²) < 4.78 is 24.7. The number of hydrogen-bond donors (Lipinski definition) is 2. The Morgan fingerprint density at radius 2 is 2.03 bits per heavy atom. The van der Waals surface area contributed by atoms with Crippen molar-refractivity contribution in [2.24, 2.45) is 0 Å². The molecule has 1 fully saturated rings. The molecule has 4 rings (SSSR count). The van der Waals surface area contributed by atoms with Gasteiger partial charge in [0.1, 0.15) is 17.3 Å². The second-order valence-corrected chi connectivity index (χ2v) is 7.36. The first-order chi connectivity index (χ1) is 15.2. The van der Waals surface area contributed by atoms with Gasteiger partial charge in [0.25, 0.3) is 0 Å². The van der Waals surface area contributed by atoms with Crippen LogP contribution in [0.3, 0.4) is 0 Å². The molecule has 0 saturated carbocycles. The zero-order chi connectivity index (χ0) is 21.5. The summed E-state index contributed by atoms with van der Waals surface area (Å²) >= 11 is 0. The summed E-state index contributed by atoms with van der Waals surface area (Å²) in [5, 5.41) is 5.77. The van der Waals surface area contributed by atoms with Crippen molar-refractivity contribution in [2.45, 2.75) is 25.4 Å². The largest absolute Gasteiger partial charge is 0.468 e. The average molecular weight is 424 g/mol. The van der Waals surface area contributed by atoms with Crippen LogP contribution in [0.4, 0.5) is 9.18 Å². The van der Waals surface area contributed by atoms with E-state index >= 15 is 0 Å². The van der Waals surface area contributed by atoms with Crippen LogP contribution in [0.2, 0.25) is 0 Å². The quantitative estimate of drug-likeness (QED) is 0.565. The number of halogens is 1. The molecule has 0 aliphatic carbocycles. The summed E-state index contributed by atoms with van der Waals surface area (Å²) in [6.07, 6.45) is 5.54. The van der Waals surface area contributed by atoms with Crippen LogP contribution >= 0.6 is 0 Å². The molecule has 0 radical (unpaired) electrons. The van der Waals surface area contributed by atoms with Crippen molar-refractivity contribution >= 4 is 6.03 Å². The predicted octanol–water partition coefficient (Wildman–Crippen LogP) is 4.24. The minimum Gasteiger partial charge on any atom is -0.468 e. The molecule has 0 spiro atoms. The fourth-order valence-corrected chi connectivity index (χ4v) is 3.66. The third-order valence-corrected chi connectivity index (χ3v) is 5.21. The standard InChI is InChI=1S/C23H25FN4O3/c24-18-7-3-8-19(14-18)31-22-17(6-4-10-25-22)15-26-23(29)27-16-20(21-9-5-13-30-21)28-11-1-2-12-28/h3-10,13-14,20H,1-2,11-12,15-16H2,(H2,26,27,29). The Morgan fingerprint density at radius 1 is 1.16 bits per heavy atom. The maximum Gasteiger partial charge on any atom is 0.315 e. The van der Waals surface area contributed by atoms with Gasteiger partial charge >= 0.3 is 6.03 Å². The molecular weight excluding hydrogens is 399 g/mol. The van der Waals surface area contributed by atoms with E-state index in [2.05, 4.69) is 20.5 Å². The van der Waals surface area contributed by atoms with Gasteiger partial charge in [-0.05, 0) is 56.3 Å². The molecule has 1 aliphatic heterocycles. The Kier molecular flexibility index (Phi) is 6.78. The lowest BCUT2D eigenvalue weighted by molar-refractivity contribution is 0.203. The second-order valence-electron chi connectivity index (χ2n) is 7.36. The van der Waals surface area contributed by atoms with Crippen molar-refractivity contribution in [3.63, 3.8) is 0 Å². The summed E-state index contributed by atoms with van der Waals surface area (Å²) in [6.45, 7) is 2.65. The number of aromatic nitrogens is 1. The highest BCUT2D eigenvalue weighted by molar-refractivity contribution is 5.73. The van der Waals surface area contributed by atoms with E-state index in [1.165, 1.54) is 12.1 Å². The van der Waals surface area contributed by atoms with Crippen LogP contribution in [0, 0.1) is 5.82 Å². The summed E-state index contributed by atoms with van der Waals surface area (Å²) in [4.78, 5) is 19.0. The number of hydrogen-bond acceptors (Lipinski definition) is 5. The molecule has 7 nitrogen and oxygen atoms in total. The number of rotatable bonds is 8. The SMILES string of the molecule is O=C(NCc1cccnc1Oc1cccc(F)c1)NCC(c1ccco1)N1CCCC1. The molecule has 2 N–H and O–H groups in total. The molecule has 1 atom stereocenters. The van der Waals surface area contributed by atoms with Crippen LogP contribution in [0.25, 0.3) is 0 Å². The Balaban J connectivity index is 1.33. The maximum absolute atomic E-state index is 13.4. The Labute approximate surface area is 180 Å². The first-order valence-electron chi connectivity index (χ1n) is 10.4. The molecule has 1 aliphatic rings. The minimum absolute atomic E-state index is 0.00788. The van der Waals surface area contributed by atoms with E-state index < -0.39 is 5.82 Å². The van der Waals surface area contributed by atoms with Gasteiger partial charge in [-0.3, -0.25) is 4.90 Å². The zero-order valence-electron chi connectivity index (χ0n) is 17.1. The molecule has 3 aromatic rings. The highest BCUT2D eigenvalue weighted by atomic mass is 19.1. The fourth-order valence-electron chi connectivity index (χ4n) is 3.66. The van der Waals surface area contributed by atoms with Crippen LogP contribution in [-0.2, 0) is 6.54 Å². The third kappa shape index (κ3) is 5.61. The molecule has 31 heavy (non-hydrogen) atoms. The molecule has 1 aromatic carbocycles. The van der Waals surface area contributed by atoms with Crippen molar-refractivity contribution in [2.75, 3.05) is 19.6 Å². The molecule has 162 valence electrons. The van der Waals surface area contributed by atoms with Gasteiger partial charge in [-0.25, -0.2) is 14.2 Å². The molecule has 3 heterocycles. The van der Waals surface area contributed by atoms with E-state index in [9.17, 15) is 9.18 Å². The number of pyridine rings is 1. The summed E-state index contributed by atoms with van der Waals surface area (Å²) in [6, 6.07) is 12.9. The second kappa shape index (κ2) is 10.1. The highest BCUT2D eigenvalue weighted by Gasteiger charge is 2.25. The van der Waals surface area contributed by atoms with Gasteiger partial charge in [-0.1, -0.05) is 12.1 Å². The molecule has 8 heteroatoms. The lowest BCUT2D eigenvalue weighted by atomic mass is 10.2. The van der Waals surface area contributed by atoms with E-state index in [1.807, 2.05) is 12.1 Å². The third-order valence-electron chi connectivity index (χ3n) is 5.21. The number of likely N-dealkylation sites (tertiary alicyclic amines) is 1. The van der Waals surface area contributed by atoms with Gasteiger partial charge in [0.05, 0.1) is 12.3 Å². The van der Waals surface area contributed by atoms with Crippen LogP contribution in [0.1, 0.15) is 30.2 Å². The lowest BCUT2D eigenvalue weighted by Crippen LogP contribution is -2.41. The van der Waals surface area contributed by atoms with Crippen molar-refractivity contribution < 1.29 is 18.3 Å². The number of ether oxygens (including phenoxy) is 1. The lowest BCUT2D eigenvalue weighted by Gasteiger charge is -2.26. The van der Waals surface area contributed by atoms with E-state index in [0.717, 1.165) is 31.7 Å². The van der Waals surface area contributed by atoms with Gasteiger partial charge in [0.2, 0.25) is 5.88 Å². The number of nitrogens with one attached hydrogen (secondary N) is 2. The fraction of sp³-hybridized carbons (Fsp3) is 0.304. The number of benzene rings is 1. The molecule has 1 saturated heterocycles. The first-order valence-corrected chi connectivity index (χ1v) is 10.4. The normalized spacial score (nSPS) is 14.9. The smallest absolute Gasteiger partial charge is 0.315 e. The van der Waals surface area contributed by atoms with Gasteiger partial charge in [-0.2, -0.15) is 0 Å². The number of nitrogens with zero attached hydrogens (tertiary/aromatic N) is 2. The Hall–Kier alpha value is -3.39. The number of amides is 2. The highest BCUT2D eigenvalue weighted by Crippen LogP contribution is 2.25.